The van der Waals surface area contributed by atoms with Gasteiger partial charge in [-0.25, -0.2) is 22.9 Å². The highest BCUT2D eigenvalue weighted by Gasteiger charge is 2.48. The third kappa shape index (κ3) is 5.31. The lowest BCUT2D eigenvalue weighted by Crippen LogP contribution is -2.51. The number of anilines is 1. The number of pyridine rings is 2. The highest BCUT2D eigenvalue weighted by atomic mass is 19.3. The Kier molecular flexibility index (Phi) is 6.39. The van der Waals surface area contributed by atoms with Crippen molar-refractivity contribution in [3.05, 3.63) is 30.2 Å². The molecule has 1 amide bonds. The van der Waals surface area contributed by atoms with Crippen molar-refractivity contribution in [3.8, 4) is 0 Å². The molecule has 0 aliphatic carbocycles. The fourth-order valence-electron chi connectivity index (χ4n) is 4.26. The lowest BCUT2D eigenvalue weighted by Gasteiger charge is -2.38. The molecule has 0 aromatic carbocycles. The van der Waals surface area contributed by atoms with Crippen molar-refractivity contribution in [2.75, 3.05) is 31.6 Å². The number of alkyl halides is 3. The number of piperidine rings is 1. The summed E-state index contributed by atoms with van der Waals surface area (Å²) in [5, 5.41) is 4.27. The molecule has 33 heavy (non-hydrogen) atoms. The molecule has 2 aromatic rings. The van der Waals surface area contributed by atoms with Crippen LogP contribution in [0.4, 0.5) is 23.8 Å². The number of halogens is 3. The van der Waals surface area contributed by atoms with Crippen molar-refractivity contribution in [1.29, 1.82) is 0 Å². The van der Waals surface area contributed by atoms with Crippen LogP contribution < -0.4 is 5.32 Å². The Morgan fingerprint density at radius 1 is 1.30 bits per heavy atom. The predicted octanol–water partition coefficient (Wildman–Crippen LogP) is 4.53. The zero-order valence-corrected chi connectivity index (χ0v) is 19.0. The quantitative estimate of drug-likeness (QED) is 0.717. The topological polar surface area (TPSA) is 76.6 Å². The van der Waals surface area contributed by atoms with E-state index >= 15 is 8.78 Å². The zero-order chi connectivity index (χ0) is 23.8. The molecule has 0 spiro atoms. The number of carbonyl (C=O) groups is 1. The number of ether oxygens (including phenoxy) is 2. The van der Waals surface area contributed by atoms with Crippen LogP contribution in [0.3, 0.4) is 0 Å². The van der Waals surface area contributed by atoms with E-state index in [1.807, 2.05) is 0 Å². The lowest BCUT2D eigenvalue weighted by atomic mass is 9.87. The van der Waals surface area contributed by atoms with E-state index in [1.165, 1.54) is 6.20 Å². The molecule has 7 nitrogen and oxygen atoms in total. The van der Waals surface area contributed by atoms with Crippen molar-refractivity contribution in [1.82, 2.24) is 14.9 Å². The first-order valence-electron chi connectivity index (χ1n) is 11.1. The van der Waals surface area contributed by atoms with Gasteiger partial charge in [0, 0.05) is 36.3 Å². The van der Waals surface area contributed by atoms with Crippen LogP contribution in [0.1, 0.15) is 45.2 Å². The number of nitrogens with zero attached hydrogens (tertiary/aromatic N) is 3. The fraction of sp³-hybridized carbons (Fsp3) is 0.609. The smallest absolute Gasteiger partial charge is 0.410 e. The summed E-state index contributed by atoms with van der Waals surface area (Å²) in [5.41, 5.74) is -0.518. The van der Waals surface area contributed by atoms with Gasteiger partial charge in [-0.1, -0.05) is 0 Å². The number of hydrogen-bond acceptors (Lipinski definition) is 6. The van der Waals surface area contributed by atoms with Gasteiger partial charge < -0.3 is 19.7 Å². The molecule has 10 heteroatoms. The second-order valence-electron chi connectivity index (χ2n) is 9.62. The highest BCUT2D eigenvalue weighted by molar-refractivity contribution is 5.86. The third-order valence-electron chi connectivity index (χ3n) is 5.88. The Bertz CT molecular complexity index is 1010. The van der Waals surface area contributed by atoms with Crippen LogP contribution in [0, 0.1) is 0 Å². The SMILES string of the molecule is CC(C)(C)OC(=O)N1CC[C@@H](c2nccc3cnc(N[C@@H]4CCOC[C@H]4F)cc23)C(F)(F)C1. The second-order valence-corrected chi connectivity index (χ2v) is 9.62. The molecule has 4 heterocycles. The van der Waals surface area contributed by atoms with E-state index in [2.05, 4.69) is 15.3 Å². The van der Waals surface area contributed by atoms with Gasteiger partial charge in [0.15, 0.2) is 0 Å². The van der Waals surface area contributed by atoms with E-state index in [4.69, 9.17) is 9.47 Å². The number of carbonyl (C=O) groups excluding carboxylic acids is 1. The molecule has 0 radical (unpaired) electrons. The molecule has 3 atom stereocenters. The van der Waals surface area contributed by atoms with E-state index in [0.29, 0.717) is 29.6 Å². The van der Waals surface area contributed by atoms with E-state index in [9.17, 15) is 9.18 Å². The molecule has 2 saturated heterocycles. The predicted molar refractivity (Wildman–Crippen MR) is 117 cm³/mol. The minimum atomic E-state index is -3.20. The normalized spacial score (nSPS) is 25.6. The molecule has 1 N–H and O–H groups in total. The van der Waals surface area contributed by atoms with Gasteiger partial charge in [0.25, 0.3) is 5.92 Å². The van der Waals surface area contributed by atoms with Crippen LogP contribution in [0.2, 0.25) is 0 Å². The fourth-order valence-corrected chi connectivity index (χ4v) is 4.26. The average molecular weight is 467 g/mol. The molecule has 2 aromatic heterocycles. The Morgan fingerprint density at radius 2 is 2.09 bits per heavy atom. The van der Waals surface area contributed by atoms with Crippen molar-refractivity contribution in [2.45, 2.75) is 63.3 Å². The van der Waals surface area contributed by atoms with Crippen molar-refractivity contribution >= 4 is 22.7 Å². The number of fused-ring (bicyclic) bond motifs is 1. The molecule has 180 valence electrons. The molecule has 4 rings (SSSR count). The maximum absolute atomic E-state index is 15.3. The zero-order valence-electron chi connectivity index (χ0n) is 19.0. The van der Waals surface area contributed by atoms with Gasteiger partial charge in [-0.3, -0.25) is 4.98 Å². The molecule has 2 fully saturated rings. The average Bonchev–Trinajstić information content (AvgIpc) is 2.73. The summed E-state index contributed by atoms with van der Waals surface area (Å²) in [6, 6.07) is 2.90. The summed E-state index contributed by atoms with van der Waals surface area (Å²) in [4.78, 5) is 22.0. The molecule has 2 aliphatic rings. The van der Waals surface area contributed by atoms with Gasteiger partial charge in [0.2, 0.25) is 0 Å². The van der Waals surface area contributed by atoms with Gasteiger partial charge in [-0.05, 0) is 45.7 Å². The van der Waals surface area contributed by atoms with Crippen LogP contribution in [0.25, 0.3) is 10.8 Å². The number of hydrogen-bond donors (Lipinski definition) is 1. The summed E-state index contributed by atoms with van der Waals surface area (Å²) in [6.07, 6.45) is 1.66. The Hall–Kier alpha value is -2.62. The first-order valence-corrected chi connectivity index (χ1v) is 11.1. The third-order valence-corrected chi connectivity index (χ3v) is 5.88. The van der Waals surface area contributed by atoms with E-state index in [-0.39, 0.29) is 25.3 Å². The summed E-state index contributed by atoms with van der Waals surface area (Å²) in [5.74, 6) is -3.97. The van der Waals surface area contributed by atoms with Gasteiger partial charge >= 0.3 is 6.09 Å². The van der Waals surface area contributed by atoms with Crippen LogP contribution in [-0.4, -0.2) is 71.0 Å². The molecule has 2 aliphatic heterocycles. The largest absolute Gasteiger partial charge is 0.444 e. The number of amides is 1. The Balaban J connectivity index is 1.58. The number of likely N-dealkylation sites (tertiary alicyclic amines) is 1. The van der Waals surface area contributed by atoms with E-state index < -0.39 is 42.3 Å². The van der Waals surface area contributed by atoms with E-state index in [0.717, 1.165) is 4.90 Å². The highest BCUT2D eigenvalue weighted by Crippen LogP contribution is 2.42. The molecular formula is C23H29F3N4O3. The van der Waals surface area contributed by atoms with Crippen LogP contribution in [0.5, 0.6) is 0 Å². The lowest BCUT2D eigenvalue weighted by molar-refractivity contribution is -0.0854. The second kappa shape index (κ2) is 8.96. The van der Waals surface area contributed by atoms with Crippen molar-refractivity contribution in [2.24, 2.45) is 0 Å². The van der Waals surface area contributed by atoms with E-state index in [1.54, 1.807) is 39.1 Å². The molecular weight excluding hydrogens is 437 g/mol. The Labute approximate surface area is 190 Å². The standard InChI is InChI=1S/C23H29F3N4O3/c1-22(2,3)33-21(31)30-8-5-16(23(25,26)13-30)20-15-10-19(28-11-14(15)4-7-27-20)29-18-6-9-32-12-17(18)24/h4,7,10-11,16-18H,5-6,8-9,12-13H2,1-3H3,(H,28,29)/t16-,17+,18+/m0/s1. The number of nitrogens with one attached hydrogen (secondary N) is 1. The van der Waals surface area contributed by atoms with Gasteiger partial charge in [-0.15, -0.1) is 0 Å². The number of rotatable bonds is 3. The minimum Gasteiger partial charge on any atom is -0.444 e. The molecule has 0 saturated carbocycles. The van der Waals surface area contributed by atoms with Crippen molar-refractivity contribution < 1.29 is 27.4 Å². The summed E-state index contributed by atoms with van der Waals surface area (Å²) >= 11 is 0. The first kappa shape index (κ1) is 23.5. The van der Waals surface area contributed by atoms with Crippen molar-refractivity contribution in [3.63, 3.8) is 0 Å². The van der Waals surface area contributed by atoms with Gasteiger partial charge in [0.1, 0.15) is 17.6 Å². The Morgan fingerprint density at radius 3 is 2.79 bits per heavy atom. The van der Waals surface area contributed by atoms with Gasteiger partial charge in [0.05, 0.1) is 30.8 Å². The summed E-state index contributed by atoms with van der Waals surface area (Å²) in [6.45, 7) is 4.94. The monoisotopic (exact) mass is 466 g/mol. The summed E-state index contributed by atoms with van der Waals surface area (Å²) in [7, 11) is 0. The van der Waals surface area contributed by atoms with Gasteiger partial charge in [-0.2, -0.15) is 0 Å². The molecule has 0 bridgehead atoms. The van der Waals surface area contributed by atoms with Crippen LogP contribution in [0.15, 0.2) is 24.5 Å². The first-order chi connectivity index (χ1) is 15.5. The summed E-state index contributed by atoms with van der Waals surface area (Å²) < 4.78 is 55.1. The maximum atomic E-state index is 15.3. The van der Waals surface area contributed by atoms with Crippen LogP contribution >= 0.6 is 0 Å². The minimum absolute atomic E-state index is 0.0144. The maximum Gasteiger partial charge on any atom is 0.410 e. The number of aromatic nitrogens is 2. The van der Waals surface area contributed by atoms with Crippen LogP contribution in [-0.2, 0) is 9.47 Å². The molecule has 0 unspecified atom stereocenters.